The molecule has 26 heavy (non-hydrogen) atoms. The Labute approximate surface area is 158 Å². The van der Waals surface area contributed by atoms with Crippen LogP contribution in [-0.2, 0) is 11.3 Å². The van der Waals surface area contributed by atoms with Gasteiger partial charge in [0.1, 0.15) is 5.01 Å². The van der Waals surface area contributed by atoms with Crippen LogP contribution in [0.4, 0.5) is 5.13 Å². The van der Waals surface area contributed by atoms with Crippen LogP contribution in [0.5, 0.6) is 0 Å². The van der Waals surface area contributed by atoms with Crippen molar-refractivity contribution in [2.24, 2.45) is 0 Å². The van der Waals surface area contributed by atoms with Crippen LogP contribution in [0, 0.1) is 0 Å². The van der Waals surface area contributed by atoms with Crippen molar-refractivity contribution >= 4 is 22.4 Å². The molecule has 3 rings (SSSR count). The molecule has 1 fully saturated rings. The summed E-state index contributed by atoms with van der Waals surface area (Å²) in [6.07, 6.45) is 2.06. The first-order valence-electron chi connectivity index (χ1n) is 9.23. The molecule has 1 aliphatic rings. The van der Waals surface area contributed by atoms with E-state index in [0.29, 0.717) is 16.6 Å². The van der Waals surface area contributed by atoms with Crippen LogP contribution in [0.15, 0.2) is 24.3 Å². The summed E-state index contributed by atoms with van der Waals surface area (Å²) in [6.45, 7) is 8.68. The predicted molar refractivity (Wildman–Crippen MR) is 104 cm³/mol. The first-order valence-corrected chi connectivity index (χ1v) is 10.0. The van der Waals surface area contributed by atoms with Gasteiger partial charge in [0, 0.05) is 31.1 Å². The lowest BCUT2D eigenvalue weighted by Crippen LogP contribution is -2.35. The molecular weight excluding hydrogens is 348 g/mol. The first kappa shape index (κ1) is 18.9. The van der Waals surface area contributed by atoms with Crippen molar-refractivity contribution in [2.75, 3.05) is 31.6 Å². The monoisotopic (exact) mass is 374 g/mol. The second-order valence-electron chi connectivity index (χ2n) is 6.50. The van der Waals surface area contributed by atoms with Gasteiger partial charge in [-0.15, -0.1) is 10.2 Å². The van der Waals surface area contributed by atoms with Crippen LogP contribution in [-0.4, -0.2) is 47.3 Å². The molecule has 7 heteroatoms. The molecule has 1 saturated heterocycles. The van der Waals surface area contributed by atoms with Crippen molar-refractivity contribution in [3.05, 3.63) is 40.4 Å². The highest BCUT2D eigenvalue weighted by Crippen LogP contribution is 2.28. The molecule has 0 saturated carbocycles. The van der Waals surface area contributed by atoms with Crippen molar-refractivity contribution in [3.8, 4) is 0 Å². The molecular formula is C19H26N4O2S. The standard InChI is InChI=1S/C19H26N4O2S/c1-3-15(4-2)18-21-22-19(26-18)20-17(24)16-7-5-14(6-8-16)13-23-9-11-25-12-10-23/h5-8,15H,3-4,9-13H2,1-2H3,(H,20,22,24). The van der Waals surface area contributed by atoms with Gasteiger partial charge in [-0.3, -0.25) is 15.0 Å². The minimum Gasteiger partial charge on any atom is -0.379 e. The average Bonchev–Trinajstić information content (AvgIpc) is 3.12. The van der Waals surface area contributed by atoms with Gasteiger partial charge in [-0.1, -0.05) is 37.3 Å². The Hall–Kier alpha value is -1.83. The van der Waals surface area contributed by atoms with E-state index in [2.05, 4.69) is 34.3 Å². The Balaban J connectivity index is 1.57. The maximum absolute atomic E-state index is 12.4. The minimum atomic E-state index is -0.143. The van der Waals surface area contributed by atoms with Crippen LogP contribution < -0.4 is 5.32 Å². The Morgan fingerprint density at radius 2 is 1.88 bits per heavy atom. The largest absolute Gasteiger partial charge is 0.379 e. The molecule has 0 spiro atoms. The van der Waals surface area contributed by atoms with Gasteiger partial charge in [-0.05, 0) is 30.5 Å². The van der Waals surface area contributed by atoms with Crippen molar-refractivity contribution in [1.29, 1.82) is 0 Å². The van der Waals surface area contributed by atoms with Crippen LogP contribution in [0.2, 0.25) is 0 Å². The number of morpholine rings is 1. The van der Waals surface area contributed by atoms with Gasteiger partial charge in [-0.2, -0.15) is 0 Å². The summed E-state index contributed by atoms with van der Waals surface area (Å²) in [5.74, 6) is 0.271. The van der Waals surface area contributed by atoms with Crippen LogP contribution in [0.3, 0.4) is 0 Å². The number of carbonyl (C=O) groups excluding carboxylic acids is 1. The second-order valence-corrected chi connectivity index (χ2v) is 7.51. The third-order valence-electron chi connectivity index (χ3n) is 4.72. The molecule has 0 aliphatic carbocycles. The van der Waals surface area contributed by atoms with Gasteiger partial charge in [0.25, 0.3) is 5.91 Å². The molecule has 1 N–H and O–H groups in total. The Bertz CT molecular complexity index is 707. The Morgan fingerprint density at radius 1 is 1.19 bits per heavy atom. The van der Waals surface area contributed by atoms with Crippen molar-refractivity contribution in [3.63, 3.8) is 0 Å². The van der Waals surface area contributed by atoms with E-state index in [1.54, 1.807) is 0 Å². The van der Waals surface area contributed by atoms with Gasteiger partial charge >= 0.3 is 0 Å². The average molecular weight is 375 g/mol. The van der Waals surface area contributed by atoms with E-state index in [0.717, 1.165) is 50.7 Å². The molecule has 2 aromatic rings. The summed E-state index contributed by atoms with van der Waals surface area (Å²) in [7, 11) is 0. The number of nitrogens with zero attached hydrogens (tertiary/aromatic N) is 3. The zero-order chi connectivity index (χ0) is 18.4. The quantitative estimate of drug-likeness (QED) is 0.803. The Morgan fingerprint density at radius 3 is 2.54 bits per heavy atom. The van der Waals surface area contributed by atoms with Crippen molar-refractivity contribution < 1.29 is 9.53 Å². The van der Waals surface area contributed by atoms with Gasteiger partial charge < -0.3 is 4.74 Å². The number of aromatic nitrogens is 2. The molecule has 2 heterocycles. The number of nitrogens with one attached hydrogen (secondary N) is 1. The highest BCUT2D eigenvalue weighted by atomic mass is 32.1. The first-order chi connectivity index (χ1) is 12.7. The topological polar surface area (TPSA) is 67.4 Å². The number of anilines is 1. The third kappa shape index (κ3) is 4.87. The normalized spacial score (nSPS) is 15.3. The summed E-state index contributed by atoms with van der Waals surface area (Å²) < 4.78 is 5.37. The van der Waals surface area contributed by atoms with Gasteiger partial charge in [-0.25, -0.2) is 0 Å². The zero-order valence-corrected chi connectivity index (χ0v) is 16.2. The molecule has 0 atom stereocenters. The fraction of sp³-hybridized carbons (Fsp3) is 0.526. The fourth-order valence-electron chi connectivity index (χ4n) is 3.04. The lowest BCUT2D eigenvalue weighted by Gasteiger charge is -2.26. The maximum Gasteiger partial charge on any atom is 0.257 e. The third-order valence-corrected chi connectivity index (χ3v) is 5.72. The van der Waals surface area contributed by atoms with Crippen molar-refractivity contribution in [1.82, 2.24) is 15.1 Å². The van der Waals surface area contributed by atoms with E-state index in [1.165, 1.54) is 16.9 Å². The molecule has 0 radical (unpaired) electrons. The molecule has 140 valence electrons. The number of hydrogen-bond donors (Lipinski definition) is 1. The Kier molecular flexibility index (Phi) is 6.71. The van der Waals surface area contributed by atoms with E-state index in [1.807, 2.05) is 24.3 Å². The fourth-order valence-corrected chi connectivity index (χ4v) is 4.04. The van der Waals surface area contributed by atoms with Crippen molar-refractivity contribution in [2.45, 2.75) is 39.2 Å². The number of carbonyl (C=O) groups is 1. The maximum atomic E-state index is 12.4. The predicted octanol–water partition coefficient (Wildman–Crippen LogP) is 3.53. The van der Waals surface area contributed by atoms with E-state index in [9.17, 15) is 4.79 Å². The van der Waals surface area contributed by atoms with E-state index < -0.39 is 0 Å². The van der Waals surface area contributed by atoms with Gasteiger partial charge in [0.15, 0.2) is 0 Å². The summed E-state index contributed by atoms with van der Waals surface area (Å²) in [5.41, 5.74) is 1.84. The van der Waals surface area contributed by atoms with E-state index in [-0.39, 0.29) is 5.91 Å². The summed E-state index contributed by atoms with van der Waals surface area (Å²) >= 11 is 1.47. The zero-order valence-electron chi connectivity index (χ0n) is 15.4. The second kappa shape index (κ2) is 9.21. The smallest absolute Gasteiger partial charge is 0.257 e. The summed E-state index contributed by atoms with van der Waals surface area (Å²) in [5, 5.41) is 12.8. The number of hydrogen-bond acceptors (Lipinski definition) is 6. The molecule has 1 aromatic heterocycles. The van der Waals surface area contributed by atoms with Crippen LogP contribution in [0.25, 0.3) is 0 Å². The lowest BCUT2D eigenvalue weighted by molar-refractivity contribution is 0.0342. The molecule has 1 aliphatic heterocycles. The molecule has 1 amide bonds. The summed E-state index contributed by atoms with van der Waals surface area (Å²) in [6, 6.07) is 7.77. The summed E-state index contributed by atoms with van der Waals surface area (Å²) in [4.78, 5) is 14.8. The minimum absolute atomic E-state index is 0.143. The molecule has 0 bridgehead atoms. The van der Waals surface area contributed by atoms with E-state index >= 15 is 0 Å². The highest BCUT2D eigenvalue weighted by molar-refractivity contribution is 7.15. The number of ether oxygens (including phenoxy) is 1. The molecule has 6 nitrogen and oxygen atoms in total. The lowest BCUT2D eigenvalue weighted by atomic mass is 10.1. The number of benzene rings is 1. The van der Waals surface area contributed by atoms with E-state index in [4.69, 9.17) is 4.74 Å². The van der Waals surface area contributed by atoms with Crippen LogP contribution in [0.1, 0.15) is 53.5 Å². The molecule has 1 aromatic carbocycles. The van der Waals surface area contributed by atoms with Gasteiger partial charge in [0.05, 0.1) is 13.2 Å². The number of amides is 1. The van der Waals surface area contributed by atoms with Gasteiger partial charge in [0.2, 0.25) is 5.13 Å². The molecule has 0 unspecified atom stereocenters. The number of rotatable bonds is 7. The highest BCUT2D eigenvalue weighted by Gasteiger charge is 2.16. The SMILES string of the molecule is CCC(CC)c1nnc(NC(=O)c2ccc(CN3CCOCC3)cc2)s1. The van der Waals surface area contributed by atoms with Crippen LogP contribution >= 0.6 is 11.3 Å².